The number of hydrogen-bond acceptors (Lipinski definition) is 1. The van der Waals surface area contributed by atoms with Crippen molar-refractivity contribution in [3.63, 3.8) is 0 Å². The van der Waals surface area contributed by atoms with Gasteiger partial charge in [-0.05, 0) is 54.0 Å². The summed E-state index contributed by atoms with van der Waals surface area (Å²) in [5.41, 5.74) is 3.19. The van der Waals surface area contributed by atoms with Crippen molar-refractivity contribution in [3.05, 3.63) is 70.8 Å². The van der Waals surface area contributed by atoms with E-state index in [0.29, 0.717) is 12.0 Å². The van der Waals surface area contributed by atoms with E-state index < -0.39 is 17.7 Å². The Balaban J connectivity index is 1.69. The summed E-state index contributed by atoms with van der Waals surface area (Å²) in [5.74, 6) is -1.55. The third-order valence-electron chi connectivity index (χ3n) is 4.06. The van der Waals surface area contributed by atoms with Crippen LogP contribution in [0.15, 0.2) is 42.5 Å². The van der Waals surface area contributed by atoms with Crippen molar-refractivity contribution in [1.82, 2.24) is 0 Å². The monoisotopic (exact) mass is 274 g/mol. The smallest absolute Gasteiger partial charge is 0.159 e. The maximum absolute atomic E-state index is 13.2. The molecule has 2 aromatic rings. The van der Waals surface area contributed by atoms with Crippen molar-refractivity contribution in [2.24, 2.45) is 5.92 Å². The summed E-state index contributed by atoms with van der Waals surface area (Å²) in [7, 11) is 0. The average molecular weight is 274 g/mol. The van der Waals surface area contributed by atoms with Crippen LogP contribution in [0, 0.1) is 17.6 Å². The molecule has 1 aliphatic carbocycles. The van der Waals surface area contributed by atoms with Crippen molar-refractivity contribution in [2.75, 3.05) is 0 Å². The third-order valence-corrected chi connectivity index (χ3v) is 4.06. The van der Waals surface area contributed by atoms with Gasteiger partial charge in [-0.3, -0.25) is 0 Å². The second kappa shape index (κ2) is 5.33. The molecule has 1 aliphatic rings. The highest BCUT2D eigenvalue weighted by molar-refractivity contribution is 5.32. The molecule has 2 aromatic carbocycles. The van der Waals surface area contributed by atoms with E-state index in [1.54, 1.807) is 0 Å². The highest BCUT2D eigenvalue weighted by atomic mass is 19.2. The van der Waals surface area contributed by atoms with Crippen LogP contribution in [-0.4, -0.2) is 11.2 Å². The number of aliphatic hydroxyl groups is 1. The molecule has 0 radical (unpaired) electrons. The molecule has 0 aromatic heterocycles. The zero-order chi connectivity index (χ0) is 14.1. The fourth-order valence-corrected chi connectivity index (χ4v) is 2.94. The number of rotatable bonds is 3. The maximum Gasteiger partial charge on any atom is 0.159 e. The molecule has 0 amide bonds. The fourth-order valence-electron chi connectivity index (χ4n) is 2.94. The lowest BCUT2D eigenvalue weighted by Crippen LogP contribution is -2.23. The molecule has 0 heterocycles. The molecule has 104 valence electrons. The van der Waals surface area contributed by atoms with Crippen LogP contribution in [0.3, 0.4) is 0 Å². The third kappa shape index (κ3) is 2.59. The Kier molecular flexibility index (Phi) is 3.53. The second-order valence-electron chi connectivity index (χ2n) is 5.46. The lowest BCUT2D eigenvalue weighted by Gasteiger charge is -2.17. The topological polar surface area (TPSA) is 20.2 Å². The standard InChI is InChI=1S/C17H16F2O/c18-15-6-5-11(7-16(15)19)8-17(20)14-9-12-3-1-2-4-13(12)10-14/h1-7,14,17,20H,8-10H2. The van der Waals surface area contributed by atoms with Crippen LogP contribution in [-0.2, 0) is 19.3 Å². The average Bonchev–Trinajstić information content (AvgIpc) is 2.87. The first-order valence-electron chi connectivity index (χ1n) is 6.82. The molecular formula is C17H16F2O. The van der Waals surface area contributed by atoms with Crippen molar-refractivity contribution in [3.8, 4) is 0 Å². The summed E-state index contributed by atoms with van der Waals surface area (Å²) >= 11 is 0. The van der Waals surface area contributed by atoms with Crippen LogP contribution in [0.1, 0.15) is 16.7 Å². The lowest BCUT2D eigenvalue weighted by molar-refractivity contribution is 0.112. The summed E-state index contributed by atoms with van der Waals surface area (Å²) in [6.07, 6.45) is 1.52. The van der Waals surface area contributed by atoms with Crippen molar-refractivity contribution in [1.29, 1.82) is 0 Å². The van der Waals surface area contributed by atoms with Gasteiger partial charge in [0.25, 0.3) is 0 Å². The summed E-state index contributed by atoms with van der Waals surface area (Å²) in [4.78, 5) is 0. The molecule has 0 bridgehead atoms. The molecule has 1 nitrogen and oxygen atoms in total. The predicted octanol–water partition coefficient (Wildman–Crippen LogP) is 3.28. The van der Waals surface area contributed by atoms with E-state index in [0.717, 1.165) is 18.9 Å². The molecule has 0 saturated heterocycles. The molecule has 3 heteroatoms. The first-order chi connectivity index (χ1) is 9.63. The maximum atomic E-state index is 13.2. The molecule has 0 spiro atoms. The van der Waals surface area contributed by atoms with Crippen LogP contribution < -0.4 is 0 Å². The highest BCUT2D eigenvalue weighted by Crippen LogP contribution is 2.29. The molecule has 0 saturated carbocycles. The zero-order valence-electron chi connectivity index (χ0n) is 11.0. The van der Waals surface area contributed by atoms with Crippen LogP contribution in [0.25, 0.3) is 0 Å². The summed E-state index contributed by atoms with van der Waals surface area (Å²) < 4.78 is 26.0. The van der Waals surface area contributed by atoms with E-state index in [1.807, 2.05) is 12.1 Å². The quantitative estimate of drug-likeness (QED) is 0.910. The Morgan fingerprint density at radius 3 is 2.25 bits per heavy atom. The van der Waals surface area contributed by atoms with E-state index in [9.17, 15) is 13.9 Å². The van der Waals surface area contributed by atoms with Gasteiger partial charge in [0.15, 0.2) is 11.6 Å². The normalized spacial score (nSPS) is 16.1. The van der Waals surface area contributed by atoms with Gasteiger partial charge in [0.1, 0.15) is 0 Å². The van der Waals surface area contributed by atoms with Gasteiger partial charge in [0.05, 0.1) is 6.10 Å². The van der Waals surface area contributed by atoms with E-state index in [2.05, 4.69) is 12.1 Å². The molecule has 0 fully saturated rings. The van der Waals surface area contributed by atoms with E-state index in [-0.39, 0.29) is 5.92 Å². The van der Waals surface area contributed by atoms with Gasteiger partial charge in [0, 0.05) is 0 Å². The molecular weight excluding hydrogens is 258 g/mol. The highest BCUT2D eigenvalue weighted by Gasteiger charge is 2.27. The first kappa shape index (κ1) is 13.3. The minimum absolute atomic E-state index is 0.153. The fraction of sp³-hybridized carbons (Fsp3) is 0.294. The van der Waals surface area contributed by atoms with Gasteiger partial charge >= 0.3 is 0 Å². The van der Waals surface area contributed by atoms with Gasteiger partial charge in [0.2, 0.25) is 0 Å². The Bertz CT molecular complexity index is 599. The Morgan fingerprint density at radius 1 is 1.00 bits per heavy atom. The molecule has 1 unspecified atom stereocenters. The second-order valence-corrected chi connectivity index (χ2v) is 5.46. The molecule has 1 N–H and O–H groups in total. The number of benzene rings is 2. The Morgan fingerprint density at radius 2 is 1.65 bits per heavy atom. The van der Waals surface area contributed by atoms with Crippen LogP contribution >= 0.6 is 0 Å². The number of halogens is 2. The summed E-state index contributed by atoms with van der Waals surface area (Å²) in [5, 5.41) is 10.3. The van der Waals surface area contributed by atoms with Crippen LogP contribution in [0.4, 0.5) is 8.78 Å². The molecule has 1 atom stereocenters. The summed E-state index contributed by atoms with van der Waals surface area (Å²) in [6.45, 7) is 0. The van der Waals surface area contributed by atoms with Crippen molar-refractivity contribution in [2.45, 2.75) is 25.4 Å². The van der Waals surface area contributed by atoms with Crippen molar-refractivity contribution >= 4 is 0 Å². The van der Waals surface area contributed by atoms with Gasteiger partial charge in [-0.15, -0.1) is 0 Å². The zero-order valence-corrected chi connectivity index (χ0v) is 11.0. The van der Waals surface area contributed by atoms with Crippen LogP contribution in [0.5, 0.6) is 0 Å². The van der Waals surface area contributed by atoms with Crippen molar-refractivity contribution < 1.29 is 13.9 Å². The van der Waals surface area contributed by atoms with E-state index in [4.69, 9.17) is 0 Å². The minimum Gasteiger partial charge on any atom is -0.392 e. The molecule has 20 heavy (non-hydrogen) atoms. The van der Waals surface area contributed by atoms with E-state index in [1.165, 1.54) is 23.3 Å². The number of aliphatic hydroxyl groups excluding tert-OH is 1. The Hall–Kier alpha value is -1.74. The minimum atomic E-state index is -0.857. The predicted molar refractivity (Wildman–Crippen MR) is 73.4 cm³/mol. The van der Waals surface area contributed by atoms with E-state index >= 15 is 0 Å². The molecule has 0 aliphatic heterocycles. The van der Waals surface area contributed by atoms with Crippen LogP contribution in [0.2, 0.25) is 0 Å². The van der Waals surface area contributed by atoms with Gasteiger partial charge in [-0.1, -0.05) is 30.3 Å². The SMILES string of the molecule is OC(Cc1ccc(F)c(F)c1)C1Cc2ccccc2C1. The number of fused-ring (bicyclic) bond motifs is 1. The lowest BCUT2D eigenvalue weighted by atomic mass is 9.93. The van der Waals surface area contributed by atoms with Gasteiger partial charge in [-0.25, -0.2) is 8.78 Å². The summed E-state index contributed by atoms with van der Waals surface area (Å²) in [6, 6.07) is 12.0. The number of hydrogen-bond donors (Lipinski definition) is 1. The van der Waals surface area contributed by atoms with Gasteiger partial charge < -0.3 is 5.11 Å². The van der Waals surface area contributed by atoms with Gasteiger partial charge in [-0.2, -0.15) is 0 Å². The largest absolute Gasteiger partial charge is 0.392 e. The Labute approximate surface area is 116 Å². The molecule has 3 rings (SSSR count). The first-order valence-corrected chi connectivity index (χ1v) is 6.82.